The number of carbonyl (C=O) groups is 1. The molecule has 3 aromatic rings. The van der Waals surface area contributed by atoms with Gasteiger partial charge in [0.2, 0.25) is 5.91 Å². The van der Waals surface area contributed by atoms with Crippen molar-refractivity contribution in [2.75, 3.05) is 14.2 Å². The molecule has 2 heterocycles. The topological polar surface area (TPSA) is 51.7 Å². The van der Waals surface area contributed by atoms with Gasteiger partial charge in [-0.1, -0.05) is 6.07 Å². The molecule has 148 valence electrons. The Hall–Kier alpha value is -2.52. The summed E-state index contributed by atoms with van der Waals surface area (Å²) in [4.78, 5) is 18.6. The number of alkyl halides is 2. The van der Waals surface area contributed by atoms with Crippen LogP contribution >= 0.6 is 22.7 Å². The van der Waals surface area contributed by atoms with Crippen LogP contribution < -0.4 is 9.47 Å². The molecule has 5 nitrogen and oxygen atoms in total. The van der Waals surface area contributed by atoms with Crippen LogP contribution in [0.2, 0.25) is 0 Å². The van der Waals surface area contributed by atoms with Gasteiger partial charge >= 0.3 is 6.61 Å². The highest BCUT2D eigenvalue weighted by atomic mass is 32.1. The van der Waals surface area contributed by atoms with E-state index in [1.165, 1.54) is 24.5 Å². The molecule has 0 aliphatic heterocycles. The third-order valence-corrected chi connectivity index (χ3v) is 5.57. The number of thiazole rings is 1. The summed E-state index contributed by atoms with van der Waals surface area (Å²) in [5.41, 5.74) is 2.52. The van der Waals surface area contributed by atoms with E-state index in [1.807, 2.05) is 22.2 Å². The molecule has 1 aromatic carbocycles. The normalized spacial score (nSPS) is 10.9. The molecule has 0 radical (unpaired) electrons. The number of benzene rings is 1. The average molecular weight is 424 g/mol. The van der Waals surface area contributed by atoms with Gasteiger partial charge < -0.3 is 14.4 Å². The molecule has 0 saturated heterocycles. The van der Waals surface area contributed by atoms with E-state index < -0.39 is 6.61 Å². The highest BCUT2D eigenvalue weighted by Crippen LogP contribution is 2.30. The Morgan fingerprint density at radius 1 is 1.25 bits per heavy atom. The standard InChI is InChI=1S/C19H18F2N2O3S2/c1-23(9-12-3-4-15(26-19(20)21)16(7-12)25-2)17(24)8-14-11-28-18(22-14)13-5-6-27-10-13/h3-7,10-11,19H,8-9H2,1-2H3. The summed E-state index contributed by atoms with van der Waals surface area (Å²) >= 11 is 3.11. The first kappa shape index (κ1) is 20.2. The van der Waals surface area contributed by atoms with Crippen LogP contribution in [0.3, 0.4) is 0 Å². The van der Waals surface area contributed by atoms with Crippen LogP contribution in [0.4, 0.5) is 8.78 Å². The lowest BCUT2D eigenvalue weighted by Crippen LogP contribution is -2.27. The lowest BCUT2D eigenvalue weighted by Gasteiger charge is -2.18. The van der Waals surface area contributed by atoms with Gasteiger partial charge in [0.25, 0.3) is 0 Å². The molecule has 28 heavy (non-hydrogen) atoms. The van der Waals surface area contributed by atoms with Gasteiger partial charge in [-0.2, -0.15) is 20.1 Å². The van der Waals surface area contributed by atoms with Gasteiger partial charge in [-0.15, -0.1) is 11.3 Å². The summed E-state index contributed by atoms with van der Waals surface area (Å²) in [6.07, 6.45) is 0.195. The first-order valence-corrected chi connectivity index (χ1v) is 10.1. The highest BCUT2D eigenvalue weighted by molar-refractivity contribution is 7.14. The number of halogens is 2. The van der Waals surface area contributed by atoms with Gasteiger partial charge in [-0.05, 0) is 29.1 Å². The van der Waals surface area contributed by atoms with Crippen molar-refractivity contribution in [2.24, 2.45) is 0 Å². The van der Waals surface area contributed by atoms with E-state index in [2.05, 4.69) is 9.72 Å². The maximum absolute atomic E-state index is 12.5. The van der Waals surface area contributed by atoms with Crippen LogP contribution in [0.1, 0.15) is 11.3 Å². The molecule has 2 aromatic heterocycles. The van der Waals surface area contributed by atoms with Crippen molar-refractivity contribution in [3.8, 4) is 22.1 Å². The minimum atomic E-state index is -2.93. The van der Waals surface area contributed by atoms with Gasteiger partial charge in [0.05, 0.1) is 19.2 Å². The fourth-order valence-corrected chi connectivity index (χ4v) is 4.09. The van der Waals surface area contributed by atoms with Gasteiger partial charge in [0, 0.05) is 29.9 Å². The quantitative estimate of drug-likeness (QED) is 0.527. The SMILES string of the molecule is COc1cc(CN(C)C(=O)Cc2csc(-c3ccsc3)n2)ccc1OC(F)F. The first-order chi connectivity index (χ1) is 13.5. The Kier molecular flexibility index (Phi) is 6.58. The number of hydrogen-bond donors (Lipinski definition) is 0. The minimum Gasteiger partial charge on any atom is -0.493 e. The van der Waals surface area contributed by atoms with Crippen molar-refractivity contribution in [3.63, 3.8) is 0 Å². The number of ether oxygens (including phenoxy) is 2. The Morgan fingerprint density at radius 3 is 2.75 bits per heavy atom. The summed E-state index contributed by atoms with van der Waals surface area (Å²) in [6, 6.07) is 6.61. The number of thiophene rings is 1. The van der Waals surface area contributed by atoms with E-state index >= 15 is 0 Å². The molecule has 0 bridgehead atoms. The molecular weight excluding hydrogens is 406 g/mol. The second-order valence-electron chi connectivity index (χ2n) is 5.95. The van der Waals surface area contributed by atoms with E-state index in [9.17, 15) is 13.6 Å². The van der Waals surface area contributed by atoms with Gasteiger partial charge in [-0.3, -0.25) is 4.79 Å². The number of methoxy groups -OCH3 is 1. The molecule has 0 aliphatic carbocycles. The lowest BCUT2D eigenvalue weighted by molar-refractivity contribution is -0.129. The Morgan fingerprint density at radius 2 is 2.07 bits per heavy atom. The number of likely N-dealkylation sites (N-methyl/N-ethyl adjacent to an activating group) is 1. The molecule has 1 amide bonds. The third kappa shape index (κ3) is 5.05. The zero-order chi connectivity index (χ0) is 20.1. The highest BCUT2D eigenvalue weighted by Gasteiger charge is 2.16. The first-order valence-electron chi connectivity index (χ1n) is 8.29. The molecule has 0 atom stereocenters. The maximum Gasteiger partial charge on any atom is 0.387 e. The predicted molar refractivity (Wildman–Crippen MR) is 105 cm³/mol. The molecular formula is C19H18F2N2O3S2. The monoisotopic (exact) mass is 424 g/mol. The van der Waals surface area contributed by atoms with Crippen molar-refractivity contribution in [1.29, 1.82) is 0 Å². The van der Waals surface area contributed by atoms with Crippen LogP contribution in [-0.2, 0) is 17.8 Å². The van der Waals surface area contributed by atoms with Crippen molar-refractivity contribution < 1.29 is 23.0 Å². The number of rotatable bonds is 8. The summed E-state index contributed by atoms with van der Waals surface area (Å²) in [7, 11) is 3.06. The van der Waals surface area contributed by atoms with Crippen LogP contribution in [0.25, 0.3) is 10.6 Å². The van der Waals surface area contributed by atoms with E-state index in [-0.39, 0.29) is 23.8 Å². The van der Waals surface area contributed by atoms with Gasteiger partial charge in [-0.25, -0.2) is 4.98 Å². The largest absolute Gasteiger partial charge is 0.493 e. The number of nitrogens with zero attached hydrogens (tertiary/aromatic N) is 2. The van der Waals surface area contributed by atoms with E-state index in [0.29, 0.717) is 6.54 Å². The average Bonchev–Trinajstić information content (AvgIpc) is 3.34. The van der Waals surface area contributed by atoms with E-state index in [0.717, 1.165) is 21.8 Å². The molecule has 3 rings (SSSR count). The second kappa shape index (κ2) is 9.11. The van der Waals surface area contributed by atoms with Gasteiger partial charge in [0.1, 0.15) is 5.01 Å². The van der Waals surface area contributed by atoms with Crippen molar-refractivity contribution in [2.45, 2.75) is 19.6 Å². The molecule has 0 saturated carbocycles. The van der Waals surface area contributed by atoms with E-state index in [1.54, 1.807) is 35.4 Å². The van der Waals surface area contributed by atoms with Crippen molar-refractivity contribution in [3.05, 3.63) is 51.7 Å². The Labute approximate surface area is 169 Å². The van der Waals surface area contributed by atoms with Crippen LogP contribution in [-0.4, -0.2) is 36.6 Å². The van der Waals surface area contributed by atoms with Crippen molar-refractivity contribution in [1.82, 2.24) is 9.88 Å². The van der Waals surface area contributed by atoms with E-state index in [4.69, 9.17) is 4.74 Å². The summed E-state index contributed by atoms with van der Waals surface area (Å²) < 4.78 is 34.3. The number of hydrogen-bond acceptors (Lipinski definition) is 6. The van der Waals surface area contributed by atoms with Crippen LogP contribution in [0.5, 0.6) is 11.5 Å². The number of amides is 1. The van der Waals surface area contributed by atoms with Crippen LogP contribution in [0.15, 0.2) is 40.4 Å². The zero-order valence-electron chi connectivity index (χ0n) is 15.2. The minimum absolute atomic E-state index is 0.0429. The van der Waals surface area contributed by atoms with Crippen LogP contribution in [0, 0.1) is 0 Å². The molecule has 0 spiro atoms. The van der Waals surface area contributed by atoms with Crippen molar-refractivity contribution >= 4 is 28.6 Å². The smallest absolute Gasteiger partial charge is 0.387 e. The summed E-state index contributed by atoms with van der Waals surface area (Å²) in [6.45, 7) is -2.62. The molecule has 9 heteroatoms. The fraction of sp³-hybridized carbons (Fsp3) is 0.263. The third-order valence-electron chi connectivity index (χ3n) is 3.94. The molecule has 0 fully saturated rings. The molecule has 0 aliphatic rings. The second-order valence-corrected chi connectivity index (χ2v) is 7.58. The Bertz CT molecular complexity index is 929. The molecule has 0 unspecified atom stereocenters. The van der Waals surface area contributed by atoms with Gasteiger partial charge in [0.15, 0.2) is 11.5 Å². The number of carbonyl (C=O) groups excluding carboxylic acids is 1. The zero-order valence-corrected chi connectivity index (χ0v) is 16.9. The number of aromatic nitrogens is 1. The Balaban J connectivity index is 1.62. The summed E-state index contributed by atoms with van der Waals surface area (Å²) in [5.74, 6) is 0.0614. The summed E-state index contributed by atoms with van der Waals surface area (Å²) in [5, 5.41) is 6.79. The lowest BCUT2D eigenvalue weighted by atomic mass is 10.2. The molecule has 0 N–H and O–H groups in total. The fourth-order valence-electron chi connectivity index (χ4n) is 2.56. The predicted octanol–water partition coefficient (Wildman–Crippen LogP) is 4.68. The maximum atomic E-state index is 12.5.